The van der Waals surface area contributed by atoms with Crippen LogP contribution in [0.5, 0.6) is 0 Å². The molecule has 0 radical (unpaired) electrons. The van der Waals surface area contributed by atoms with Crippen molar-refractivity contribution in [2.45, 2.75) is 13.0 Å². The van der Waals surface area contributed by atoms with E-state index in [2.05, 4.69) is 5.32 Å². The summed E-state index contributed by atoms with van der Waals surface area (Å²) in [6, 6.07) is 14.0. The van der Waals surface area contributed by atoms with E-state index in [-0.39, 0.29) is 17.9 Å². The van der Waals surface area contributed by atoms with Gasteiger partial charge in [0.15, 0.2) is 6.04 Å². The SMILES string of the molecule is C[C@H](C(=O)Nc1ccc(Cl)cc1Cl)[NH+]1CCN(C(=O)c2ccccc2)CC1. The number of nitrogens with zero attached hydrogens (tertiary/aromatic N) is 1. The molecule has 7 heteroatoms. The first-order valence-corrected chi connectivity index (χ1v) is 9.66. The summed E-state index contributed by atoms with van der Waals surface area (Å²) in [5.41, 5.74) is 1.25. The van der Waals surface area contributed by atoms with Gasteiger partial charge in [0.25, 0.3) is 11.8 Å². The zero-order chi connectivity index (χ0) is 19.4. The average molecular weight is 407 g/mol. The van der Waals surface area contributed by atoms with Crippen LogP contribution in [0.3, 0.4) is 0 Å². The molecule has 2 N–H and O–H groups in total. The Morgan fingerprint density at radius 1 is 1.07 bits per heavy atom. The Morgan fingerprint density at radius 2 is 1.74 bits per heavy atom. The summed E-state index contributed by atoms with van der Waals surface area (Å²) in [6.45, 7) is 4.59. The van der Waals surface area contributed by atoms with E-state index in [0.29, 0.717) is 34.4 Å². The van der Waals surface area contributed by atoms with Gasteiger partial charge in [0.05, 0.1) is 36.9 Å². The number of quaternary nitrogens is 1. The maximum atomic E-state index is 12.6. The van der Waals surface area contributed by atoms with E-state index in [9.17, 15) is 9.59 Å². The van der Waals surface area contributed by atoms with E-state index in [4.69, 9.17) is 23.2 Å². The van der Waals surface area contributed by atoms with Gasteiger partial charge in [-0.05, 0) is 37.3 Å². The number of halogens is 2. The summed E-state index contributed by atoms with van der Waals surface area (Å²) in [6.07, 6.45) is 0. The molecule has 1 saturated heterocycles. The Balaban J connectivity index is 1.55. The molecule has 0 bridgehead atoms. The van der Waals surface area contributed by atoms with E-state index in [1.165, 1.54) is 0 Å². The van der Waals surface area contributed by atoms with Crippen molar-refractivity contribution in [1.82, 2.24) is 4.90 Å². The minimum absolute atomic E-state index is 0.0414. The van der Waals surface area contributed by atoms with Gasteiger partial charge in [0.1, 0.15) is 0 Å². The molecule has 27 heavy (non-hydrogen) atoms. The van der Waals surface area contributed by atoms with Crippen molar-refractivity contribution in [3.05, 3.63) is 64.1 Å². The maximum absolute atomic E-state index is 12.6. The highest BCUT2D eigenvalue weighted by Gasteiger charge is 2.31. The predicted molar refractivity (Wildman–Crippen MR) is 108 cm³/mol. The number of amides is 2. The summed E-state index contributed by atoms with van der Waals surface area (Å²) in [5.74, 6) is -0.0586. The molecule has 0 unspecified atom stereocenters. The molecule has 0 aliphatic carbocycles. The Bertz CT molecular complexity index is 821. The van der Waals surface area contributed by atoms with E-state index < -0.39 is 0 Å². The summed E-state index contributed by atoms with van der Waals surface area (Å²) in [4.78, 5) is 28.1. The van der Waals surface area contributed by atoms with Crippen LogP contribution in [0.25, 0.3) is 0 Å². The van der Waals surface area contributed by atoms with Gasteiger partial charge in [-0.1, -0.05) is 41.4 Å². The van der Waals surface area contributed by atoms with E-state index >= 15 is 0 Å². The van der Waals surface area contributed by atoms with Gasteiger partial charge in [0, 0.05) is 10.6 Å². The quantitative estimate of drug-likeness (QED) is 0.818. The lowest BCUT2D eigenvalue weighted by atomic mass is 10.1. The van der Waals surface area contributed by atoms with Crippen LogP contribution in [-0.2, 0) is 4.79 Å². The van der Waals surface area contributed by atoms with E-state index in [1.54, 1.807) is 18.2 Å². The number of anilines is 1. The van der Waals surface area contributed by atoms with Crippen LogP contribution in [0.1, 0.15) is 17.3 Å². The molecule has 1 fully saturated rings. The van der Waals surface area contributed by atoms with Crippen molar-refractivity contribution in [2.24, 2.45) is 0 Å². The smallest absolute Gasteiger partial charge is 0.282 e. The molecular formula is C20H22Cl2N3O2+. The van der Waals surface area contributed by atoms with Crippen LogP contribution in [0.4, 0.5) is 5.69 Å². The highest BCUT2D eigenvalue weighted by atomic mass is 35.5. The summed E-state index contributed by atoms with van der Waals surface area (Å²) in [7, 11) is 0. The Labute approximate surface area is 168 Å². The number of benzene rings is 2. The lowest BCUT2D eigenvalue weighted by molar-refractivity contribution is -0.917. The molecule has 2 amide bonds. The zero-order valence-corrected chi connectivity index (χ0v) is 16.6. The van der Waals surface area contributed by atoms with Crippen molar-refractivity contribution < 1.29 is 14.5 Å². The fourth-order valence-electron chi connectivity index (χ4n) is 3.21. The lowest BCUT2D eigenvalue weighted by Crippen LogP contribution is -3.19. The number of hydrogen-bond donors (Lipinski definition) is 2. The highest BCUT2D eigenvalue weighted by molar-refractivity contribution is 6.36. The first-order chi connectivity index (χ1) is 13.0. The van der Waals surface area contributed by atoms with Gasteiger partial charge < -0.3 is 15.1 Å². The molecule has 2 aromatic carbocycles. The molecule has 1 aliphatic rings. The van der Waals surface area contributed by atoms with Crippen molar-refractivity contribution in [3.63, 3.8) is 0 Å². The van der Waals surface area contributed by atoms with Crippen molar-refractivity contribution >= 4 is 40.7 Å². The third kappa shape index (κ3) is 4.80. The molecule has 142 valence electrons. The molecule has 3 rings (SSSR count). The second kappa shape index (κ2) is 8.74. The Kier molecular flexibility index (Phi) is 6.37. The zero-order valence-electron chi connectivity index (χ0n) is 15.0. The number of carbonyl (C=O) groups excluding carboxylic acids is 2. The normalized spacial score (nSPS) is 16.0. The number of carbonyl (C=O) groups is 2. The number of rotatable bonds is 4. The number of hydrogen-bond acceptors (Lipinski definition) is 2. The van der Waals surface area contributed by atoms with Gasteiger partial charge in [-0.2, -0.15) is 0 Å². The largest absolute Gasteiger partial charge is 0.327 e. The van der Waals surface area contributed by atoms with Gasteiger partial charge in [0.2, 0.25) is 0 Å². The standard InChI is InChI=1S/C20H21Cl2N3O2/c1-14(19(26)23-18-8-7-16(21)13-17(18)22)24-9-11-25(12-10-24)20(27)15-5-3-2-4-6-15/h2-8,13-14H,9-12H2,1H3,(H,23,26)/p+1/t14-/m1/s1. The summed E-state index contributed by atoms with van der Waals surface area (Å²) < 4.78 is 0. The minimum atomic E-state index is -0.245. The molecule has 0 aromatic heterocycles. The van der Waals surface area contributed by atoms with Crippen molar-refractivity contribution in [3.8, 4) is 0 Å². The predicted octanol–water partition coefficient (Wildman–Crippen LogP) is 2.36. The number of piperazine rings is 1. The van der Waals surface area contributed by atoms with Crippen LogP contribution >= 0.6 is 23.2 Å². The summed E-state index contributed by atoms with van der Waals surface area (Å²) in [5, 5.41) is 3.80. The second-order valence-corrected chi connectivity index (χ2v) is 7.50. The molecule has 2 aromatic rings. The number of nitrogens with one attached hydrogen (secondary N) is 2. The minimum Gasteiger partial charge on any atom is -0.327 e. The molecule has 1 atom stereocenters. The van der Waals surface area contributed by atoms with Crippen LogP contribution in [0.2, 0.25) is 10.0 Å². The molecule has 0 saturated carbocycles. The van der Waals surface area contributed by atoms with Gasteiger partial charge in [-0.3, -0.25) is 9.59 Å². The third-order valence-corrected chi connectivity index (χ3v) is 5.46. The van der Waals surface area contributed by atoms with Crippen LogP contribution < -0.4 is 10.2 Å². The van der Waals surface area contributed by atoms with Gasteiger partial charge >= 0.3 is 0 Å². The molecule has 0 spiro atoms. The molecule has 1 heterocycles. The highest BCUT2D eigenvalue weighted by Crippen LogP contribution is 2.25. The molecule has 1 aliphatic heterocycles. The molecule has 5 nitrogen and oxygen atoms in total. The first kappa shape index (κ1) is 19.7. The van der Waals surface area contributed by atoms with Crippen LogP contribution in [-0.4, -0.2) is 48.9 Å². The monoisotopic (exact) mass is 406 g/mol. The molecular weight excluding hydrogens is 385 g/mol. The Morgan fingerprint density at radius 3 is 2.37 bits per heavy atom. The topological polar surface area (TPSA) is 53.9 Å². The first-order valence-electron chi connectivity index (χ1n) is 8.90. The van der Waals surface area contributed by atoms with Gasteiger partial charge in [-0.25, -0.2) is 0 Å². The van der Waals surface area contributed by atoms with E-state index in [0.717, 1.165) is 18.0 Å². The Hall–Kier alpha value is -2.08. The fraction of sp³-hybridized carbons (Fsp3) is 0.300. The van der Waals surface area contributed by atoms with Crippen molar-refractivity contribution in [1.29, 1.82) is 0 Å². The second-order valence-electron chi connectivity index (χ2n) is 6.65. The third-order valence-electron chi connectivity index (χ3n) is 4.91. The van der Waals surface area contributed by atoms with Gasteiger partial charge in [-0.15, -0.1) is 0 Å². The van der Waals surface area contributed by atoms with Crippen LogP contribution in [0.15, 0.2) is 48.5 Å². The average Bonchev–Trinajstić information content (AvgIpc) is 2.69. The van der Waals surface area contributed by atoms with Crippen LogP contribution in [0, 0.1) is 0 Å². The fourth-order valence-corrected chi connectivity index (χ4v) is 3.67. The summed E-state index contributed by atoms with van der Waals surface area (Å²) >= 11 is 12.0. The maximum Gasteiger partial charge on any atom is 0.282 e. The van der Waals surface area contributed by atoms with Crippen molar-refractivity contribution in [2.75, 3.05) is 31.5 Å². The van der Waals surface area contributed by atoms with E-state index in [1.807, 2.05) is 42.2 Å². The lowest BCUT2D eigenvalue weighted by Gasteiger charge is -2.34.